The standard InChI is InChI=1S/C21H38N4O2/c1-6-22-20(24-11-16-17(12-24)19-8-7-18(16)27-19)23-13-21(4,5)25-9-14(2)26-15(3)10-25/h14-19H,6-13H2,1-5H3,(H,22,23). The Bertz CT molecular complexity index is 538. The predicted molar refractivity (Wildman–Crippen MR) is 108 cm³/mol. The number of ether oxygens (including phenoxy) is 2. The molecule has 0 spiro atoms. The zero-order valence-electron chi connectivity index (χ0n) is 17.8. The number of nitrogens with one attached hydrogen (secondary N) is 1. The van der Waals surface area contributed by atoms with Crippen molar-refractivity contribution in [1.82, 2.24) is 15.1 Å². The van der Waals surface area contributed by atoms with Gasteiger partial charge in [-0.2, -0.15) is 0 Å². The van der Waals surface area contributed by atoms with Crippen molar-refractivity contribution in [3.05, 3.63) is 0 Å². The number of nitrogens with zero attached hydrogens (tertiary/aromatic N) is 3. The molecule has 0 aromatic rings. The lowest BCUT2D eigenvalue weighted by Gasteiger charge is -2.44. The van der Waals surface area contributed by atoms with Crippen LogP contribution in [0.25, 0.3) is 0 Å². The van der Waals surface area contributed by atoms with Gasteiger partial charge in [-0.15, -0.1) is 0 Å². The maximum Gasteiger partial charge on any atom is 0.194 e. The van der Waals surface area contributed by atoms with Crippen molar-refractivity contribution in [2.24, 2.45) is 16.8 Å². The molecule has 154 valence electrons. The molecule has 0 amide bonds. The second-order valence-electron chi connectivity index (χ2n) is 9.67. The Morgan fingerprint density at radius 1 is 1.00 bits per heavy atom. The smallest absolute Gasteiger partial charge is 0.194 e. The van der Waals surface area contributed by atoms with Crippen molar-refractivity contribution >= 4 is 5.96 Å². The van der Waals surface area contributed by atoms with Crippen LogP contribution >= 0.6 is 0 Å². The SMILES string of the molecule is CCNC(=NCC(C)(C)N1CC(C)OC(C)C1)N1CC2C3CCC(O3)C2C1. The quantitative estimate of drug-likeness (QED) is 0.599. The predicted octanol–water partition coefficient (Wildman–Crippen LogP) is 1.95. The van der Waals surface area contributed by atoms with Crippen molar-refractivity contribution in [2.45, 2.75) is 77.4 Å². The van der Waals surface area contributed by atoms with E-state index in [-0.39, 0.29) is 5.54 Å². The van der Waals surface area contributed by atoms with E-state index in [2.05, 4.69) is 49.7 Å². The summed E-state index contributed by atoms with van der Waals surface area (Å²) in [6.45, 7) is 17.0. The fourth-order valence-corrected chi connectivity index (χ4v) is 5.60. The lowest BCUT2D eigenvalue weighted by Crippen LogP contribution is -2.56. The second-order valence-corrected chi connectivity index (χ2v) is 9.67. The van der Waals surface area contributed by atoms with Gasteiger partial charge in [-0.3, -0.25) is 9.89 Å². The van der Waals surface area contributed by atoms with Crippen LogP contribution in [0, 0.1) is 11.8 Å². The number of morpholine rings is 1. The zero-order chi connectivity index (χ0) is 19.2. The monoisotopic (exact) mass is 378 g/mol. The molecule has 0 aromatic carbocycles. The fraction of sp³-hybridized carbons (Fsp3) is 0.952. The third-order valence-electron chi connectivity index (χ3n) is 6.98. The average Bonchev–Trinajstić information content (AvgIpc) is 3.30. The van der Waals surface area contributed by atoms with E-state index in [0.29, 0.717) is 36.3 Å². The Balaban J connectivity index is 1.42. The van der Waals surface area contributed by atoms with Gasteiger partial charge in [-0.1, -0.05) is 0 Å². The van der Waals surface area contributed by atoms with Crippen molar-refractivity contribution in [3.8, 4) is 0 Å². The number of fused-ring (bicyclic) bond motifs is 5. The highest BCUT2D eigenvalue weighted by Crippen LogP contribution is 2.47. The van der Waals surface area contributed by atoms with E-state index in [9.17, 15) is 0 Å². The highest BCUT2D eigenvalue weighted by atomic mass is 16.5. The van der Waals surface area contributed by atoms with E-state index in [1.54, 1.807) is 0 Å². The van der Waals surface area contributed by atoms with Gasteiger partial charge in [-0.05, 0) is 47.5 Å². The minimum absolute atomic E-state index is 0.0324. The molecular formula is C21H38N4O2. The molecular weight excluding hydrogens is 340 g/mol. The Morgan fingerprint density at radius 2 is 1.59 bits per heavy atom. The van der Waals surface area contributed by atoms with Crippen LogP contribution in [0.15, 0.2) is 4.99 Å². The van der Waals surface area contributed by atoms with Gasteiger partial charge in [0.2, 0.25) is 0 Å². The first kappa shape index (κ1) is 19.5. The molecule has 1 N–H and O–H groups in total. The Hall–Kier alpha value is -0.850. The third kappa shape index (κ3) is 3.85. The minimum atomic E-state index is 0.0324. The third-order valence-corrected chi connectivity index (χ3v) is 6.98. The van der Waals surface area contributed by atoms with Gasteiger partial charge in [0.15, 0.2) is 5.96 Å². The van der Waals surface area contributed by atoms with Crippen molar-refractivity contribution in [3.63, 3.8) is 0 Å². The van der Waals surface area contributed by atoms with Crippen LogP contribution in [0.4, 0.5) is 0 Å². The topological polar surface area (TPSA) is 49.3 Å². The molecule has 0 aromatic heterocycles. The molecule has 4 heterocycles. The molecule has 4 fully saturated rings. The number of hydrogen-bond acceptors (Lipinski definition) is 4. The van der Waals surface area contributed by atoms with Crippen LogP contribution in [-0.2, 0) is 9.47 Å². The zero-order valence-corrected chi connectivity index (χ0v) is 17.8. The van der Waals surface area contributed by atoms with E-state index in [1.165, 1.54) is 12.8 Å². The second kappa shape index (κ2) is 7.53. The summed E-state index contributed by atoms with van der Waals surface area (Å²) < 4.78 is 12.1. The number of hydrogen-bond donors (Lipinski definition) is 1. The first-order chi connectivity index (χ1) is 12.9. The summed E-state index contributed by atoms with van der Waals surface area (Å²) in [5, 5.41) is 3.55. The molecule has 2 bridgehead atoms. The molecule has 27 heavy (non-hydrogen) atoms. The van der Waals surface area contributed by atoms with Crippen LogP contribution < -0.4 is 5.32 Å². The van der Waals surface area contributed by atoms with Crippen LogP contribution in [0.3, 0.4) is 0 Å². The summed E-state index contributed by atoms with van der Waals surface area (Å²) >= 11 is 0. The minimum Gasteiger partial charge on any atom is -0.374 e. The molecule has 0 aliphatic carbocycles. The van der Waals surface area contributed by atoms with Crippen molar-refractivity contribution < 1.29 is 9.47 Å². The molecule has 4 aliphatic rings. The summed E-state index contributed by atoms with van der Waals surface area (Å²) in [6.07, 6.45) is 4.10. The van der Waals surface area contributed by atoms with E-state index < -0.39 is 0 Å². The van der Waals surface area contributed by atoms with Gasteiger partial charge < -0.3 is 19.7 Å². The maximum atomic E-state index is 6.14. The van der Waals surface area contributed by atoms with Crippen LogP contribution in [0.2, 0.25) is 0 Å². The largest absolute Gasteiger partial charge is 0.374 e. The maximum absolute atomic E-state index is 6.14. The van der Waals surface area contributed by atoms with Gasteiger partial charge in [0.05, 0.1) is 31.0 Å². The molecule has 6 atom stereocenters. The van der Waals surface area contributed by atoms with Gasteiger partial charge in [0.25, 0.3) is 0 Å². The first-order valence-corrected chi connectivity index (χ1v) is 11.0. The van der Waals surface area contributed by atoms with Crippen LogP contribution in [0.1, 0.15) is 47.5 Å². The molecule has 6 nitrogen and oxygen atoms in total. The molecule has 4 saturated heterocycles. The van der Waals surface area contributed by atoms with Crippen LogP contribution in [-0.4, -0.2) is 85.0 Å². The van der Waals surface area contributed by atoms with Gasteiger partial charge in [-0.25, -0.2) is 0 Å². The summed E-state index contributed by atoms with van der Waals surface area (Å²) in [6, 6.07) is 0. The summed E-state index contributed by atoms with van der Waals surface area (Å²) in [7, 11) is 0. The van der Waals surface area contributed by atoms with Crippen molar-refractivity contribution in [2.75, 3.05) is 39.3 Å². The summed E-state index contributed by atoms with van der Waals surface area (Å²) in [4.78, 5) is 10.1. The van der Waals surface area contributed by atoms with E-state index in [0.717, 1.165) is 45.2 Å². The number of likely N-dealkylation sites (tertiary alicyclic amines) is 1. The molecule has 0 saturated carbocycles. The number of guanidine groups is 1. The summed E-state index contributed by atoms with van der Waals surface area (Å²) in [5.41, 5.74) is 0.0324. The normalized spacial score (nSPS) is 39.9. The molecule has 4 rings (SSSR count). The first-order valence-electron chi connectivity index (χ1n) is 11.0. The lowest BCUT2D eigenvalue weighted by atomic mass is 9.82. The molecule has 6 unspecified atom stereocenters. The lowest BCUT2D eigenvalue weighted by molar-refractivity contribution is -0.0939. The van der Waals surface area contributed by atoms with E-state index >= 15 is 0 Å². The number of aliphatic imine (C=N–C) groups is 1. The highest BCUT2D eigenvalue weighted by molar-refractivity contribution is 5.80. The van der Waals surface area contributed by atoms with Crippen LogP contribution in [0.5, 0.6) is 0 Å². The Morgan fingerprint density at radius 3 is 2.15 bits per heavy atom. The van der Waals surface area contributed by atoms with Crippen molar-refractivity contribution in [1.29, 1.82) is 0 Å². The van der Waals surface area contributed by atoms with Gasteiger partial charge >= 0.3 is 0 Å². The van der Waals surface area contributed by atoms with E-state index in [1.807, 2.05) is 0 Å². The fourth-order valence-electron chi connectivity index (χ4n) is 5.60. The number of rotatable bonds is 4. The Labute approximate surface area is 164 Å². The molecule has 6 heteroatoms. The average molecular weight is 379 g/mol. The highest BCUT2D eigenvalue weighted by Gasteiger charge is 2.53. The van der Waals surface area contributed by atoms with Gasteiger partial charge in [0, 0.05) is 50.1 Å². The molecule has 4 aliphatic heterocycles. The molecule has 0 radical (unpaired) electrons. The summed E-state index contributed by atoms with van der Waals surface area (Å²) in [5.74, 6) is 2.51. The van der Waals surface area contributed by atoms with Gasteiger partial charge in [0.1, 0.15) is 0 Å². The van der Waals surface area contributed by atoms with E-state index in [4.69, 9.17) is 14.5 Å². The Kier molecular flexibility index (Phi) is 5.43.